The van der Waals surface area contributed by atoms with E-state index in [1.54, 1.807) is 6.07 Å². The van der Waals surface area contributed by atoms with Crippen molar-refractivity contribution < 1.29 is 18.9 Å². The third kappa shape index (κ3) is 3.51. The topological polar surface area (TPSA) is 86.7 Å². The Hall–Kier alpha value is -4.11. The van der Waals surface area contributed by atoms with Crippen molar-refractivity contribution in [3.05, 3.63) is 94.4 Å². The Kier molecular flexibility index (Phi) is 4.64. The third-order valence-corrected chi connectivity index (χ3v) is 5.41. The second-order valence-electron chi connectivity index (χ2n) is 7.51. The van der Waals surface area contributed by atoms with E-state index in [0.717, 1.165) is 22.4 Å². The van der Waals surface area contributed by atoms with Crippen molar-refractivity contribution in [2.24, 2.45) is 5.73 Å². The van der Waals surface area contributed by atoms with Crippen LogP contribution in [0.3, 0.4) is 0 Å². The van der Waals surface area contributed by atoms with Crippen LogP contribution in [0.4, 0.5) is 0 Å². The molecule has 0 radical (unpaired) electrons. The van der Waals surface area contributed by atoms with E-state index < -0.39 is 0 Å². The fourth-order valence-corrected chi connectivity index (χ4v) is 3.92. The Morgan fingerprint density at radius 1 is 1.03 bits per heavy atom. The molecule has 2 heterocycles. The maximum atomic E-state index is 9.75. The fourth-order valence-electron chi connectivity index (χ4n) is 3.92. The van der Waals surface area contributed by atoms with Crippen molar-refractivity contribution in [1.82, 2.24) is 0 Å². The van der Waals surface area contributed by atoms with Crippen LogP contribution in [0.2, 0.25) is 0 Å². The zero-order valence-electron chi connectivity index (χ0n) is 16.9. The van der Waals surface area contributed by atoms with E-state index >= 15 is 0 Å². The molecule has 31 heavy (non-hydrogen) atoms. The number of ether oxygens (including phenoxy) is 4. The highest BCUT2D eigenvalue weighted by Crippen LogP contribution is 2.47. The zero-order chi connectivity index (χ0) is 21.4. The lowest BCUT2D eigenvalue weighted by Crippen LogP contribution is -2.21. The van der Waals surface area contributed by atoms with Gasteiger partial charge in [0.1, 0.15) is 29.7 Å². The number of nitriles is 1. The summed E-state index contributed by atoms with van der Waals surface area (Å²) in [5, 5.41) is 9.75. The molecule has 0 fully saturated rings. The minimum Gasteiger partial charge on any atom is -0.489 e. The molecule has 154 valence electrons. The molecule has 5 rings (SSSR count). The number of benzene rings is 3. The lowest BCUT2D eigenvalue weighted by atomic mass is 9.83. The number of aryl methyl sites for hydroxylation is 1. The first-order chi connectivity index (χ1) is 15.1. The average molecular weight is 412 g/mol. The van der Waals surface area contributed by atoms with Gasteiger partial charge in [0.2, 0.25) is 12.7 Å². The van der Waals surface area contributed by atoms with Gasteiger partial charge in [-0.2, -0.15) is 5.26 Å². The molecule has 0 amide bonds. The molecule has 2 N–H and O–H groups in total. The molecule has 2 aliphatic rings. The molecule has 3 aromatic carbocycles. The van der Waals surface area contributed by atoms with Crippen LogP contribution < -0.4 is 24.7 Å². The standard InChI is InChI=1S/C25H20N2O4/c1-15-3-2-4-16(9-15)13-28-18-7-5-17(6-8-18)24-19-10-22-23(30-14-29-22)11-21(19)31-25(27)20(24)12-26/h2-11,24H,13-14,27H2,1H3/t24-/m0/s1. The second-order valence-corrected chi connectivity index (χ2v) is 7.51. The van der Waals surface area contributed by atoms with Crippen molar-refractivity contribution in [2.45, 2.75) is 19.4 Å². The summed E-state index contributed by atoms with van der Waals surface area (Å²) < 4.78 is 22.6. The highest BCUT2D eigenvalue weighted by molar-refractivity contribution is 5.61. The molecule has 0 unspecified atom stereocenters. The van der Waals surface area contributed by atoms with Crippen LogP contribution in [0.25, 0.3) is 0 Å². The first kappa shape index (κ1) is 18.9. The molecule has 0 saturated carbocycles. The predicted octanol–water partition coefficient (Wildman–Crippen LogP) is 4.52. The molecule has 6 nitrogen and oxygen atoms in total. The number of allylic oxidation sites excluding steroid dienone is 1. The number of nitrogens with two attached hydrogens (primary N) is 1. The number of hydrogen-bond acceptors (Lipinski definition) is 6. The maximum Gasteiger partial charge on any atom is 0.231 e. The summed E-state index contributed by atoms with van der Waals surface area (Å²) in [7, 11) is 0. The molecule has 0 aliphatic carbocycles. The Labute approximate surface area is 180 Å². The quantitative estimate of drug-likeness (QED) is 0.678. The van der Waals surface area contributed by atoms with E-state index in [2.05, 4.69) is 25.1 Å². The van der Waals surface area contributed by atoms with Crippen LogP contribution in [0.1, 0.15) is 28.2 Å². The molecular weight excluding hydrogens is 392 g/mol. The molecular formula is C25H20N2O4. The lowest BCUT2D eigenvalue weighted by molar-refractivity contribution is 0.174. The van der Waals surface area contributed by atoms with Crippen LogP contribution in [0, 0.1) is 18.3 Å². The lowest BCUT2D eigenvalue weighted by Gasteiger charge is -2.26. The van der Waals surface area contributed by atoms with Gasteiger partial charge in [-0.15, -0.1) is 0 Å². The second kappa shape index (κ2) is 7.62. The van der Waals surface area contributed by atoms with Gasteiger partial charge in [-0.05, 0) is 36.2 Å². The van der Waals surface area contributed by atoms with E-state index in [-0.39, 0.29) is 18.6 Å². The van der Waals surface area contributed by atoms with Crippen molar-refractivity contribution in [3.63, 3.8) is 0 Å². The molecule has 0 spiro atoms. The first-order valence-electron chi connectivity index (χ1n) is 9.92. The number of fused-ring (bicyclic) bond motifs is 2. The SMILES string of the molecule is Cc1cccc(COc2ccc([C@@H]3C(C#N)=C(N)Oc4cc5c(cc43)OCO5)cc2)c1. The van der Waals surface area contributed by atoms with Crippen molar-refractivity contribution >= 4 is 0 Å². The predicted molar refractivity (Wildman–Crippen MR) is 114 cm³/mol. The fraction of sp³-hybridized carbons (Fsp3) is 0.160. The van der Waals surface area contributed by atoms with E-state index in [9.17, 15) is 5.26 Å². The zero-order valence-corrected chi connectivity index (χ0v) is 16.9. The number of hydrogen-bond donors (Lipinski definition) is 1. The number of rotatable bonds is 4. The monoisotopic (exact) mass is 412 g/mol. The molecule has 0 aromatic heterocycles. The van der Waals surface area contributed by atoms with Crippen LogP contribution in [0.5, 0.6) is 23.0 Å². The summed E-state index contributed by atoms with van der Waals surface area (Å²) >= 11 is 0. The molecule has 2 aliphatic heterocycles. The van der Waals surface area contributed by atoms with Crippen LogP contribution in [0.15, 0.2) is 72.1 Å². The summed E-state index contributed by atoms with van der Waals surface area (Å²) in [6, 6.07) is 21.7. The van der Waals surface area contributed by atoms with Crippen molar-refractivity contribution in [2.75, 3.05) is 6.79 Å². The van der Waals surface area contributed by atoms with E-state index in [0.29, 0.717) is 29.4 Å². The summed E-state index contributed by atoms with van der Waals surface area (Å²) in [4.78, 5) is 0. The number of nitrogens with zero attached hydrogens (tertiary/aromatic N) is 1. The largest absolute Gasteiger partial charge is 0.489 e. The normalized spacial score (nSPS) is 16.3. The van der Waals surface area contributed by atoms with Crippen LogP contribution in [-0.2, 0) is 6.61 Å². The third-order valence-electron chi connectivity index (χ3n) is 5.41. The molecule has 0 bridgehead atoms. The minimum absolute atomic E-state index is 0.0960. The summed E-state index contributed by atoms with van der Waals surface area (Å²) in [6.07, 6.45) is 0. The van der Waals surface area contributed by atoms with Gasteiger partial charge >= 0.3 is 0 Å². The highest BCUT2D eigenvalue weighted by atomic mass is 16.7. The van der Waals surface area contributed by atoms with Gasteiger partial charge in [-0.1, -0.05) is 42.0 Å². The van der Waals surface area contributed by atoms with Crippen LogP contribution >= 0.6 is 0 Å². The van der Waals surface area contributed by atoms with Crippen molar-refractivity contribution in [1.29, 1.82) is 5.26 Å². The van der Waals surface area contributed by atoms with Crippen molar-refractivity contribution in [3.8, 4) is 29.1 Å². The Morgan fingerprint density at radius 3 is 2.55 bits per heavy atom. The van der Waals surface area contributed by atoms with Gasteiger partial charge < -0.3 is 24.7 Å². The molecule has 3 aromatic rings. The summed E-state index contributed by atoms with van der Waals surface area (Å²) in [6.45, 7) is 2.70. The van der Waals surface area contributed by atoms with Gasteiger partial charge in [0.25, 0.3) is 0 Å². The highest BCUT2D eigenvalue weighted by Gasteiger charge is 2.33. The Balaban J connectivity index is 1.44. The molecule has 0 saturated heterocycles. The van der Waals surface area contributed by atoms with Gasteiger partial charge in [0.05, 0.1) is 5.92 Å². The summed E-state index contributed by atoms with van der Waals surface area (Å²) in [5.41, 5.74) is 10.5. The van der Waals surface area contributed by atoms with Crippen LogP contribution in [-0.4, -0.2) is 6.79 Å². The van der Waals surface area contributed by atoms with E-state index in [1.165, 1.54) is 5.56 Å². The van der Waals surface area contributed by atoms with Gasteiger partial charge in [-0.25, -0.2) is 0 Å². The smallest absolute Gasteiger partial charge is 0.231 e. The van der Waals surface area contributed by atoms with Gasteiger partial charge in [0, 0.05) is 11.6 Å². The maximum absolute atomic E-state index is 9.75. The molecule has 6 heteroatoms. The Bertz CT molecular complexity index is 1230. The van der Waals surface area contributed by atoms with Gasteiger partial charge in [0.15, 0.2) is 11.5 Å². The first-order valence-corrected chi connectivity index (χ1v) is 9.92. The van der Waals surface area contributed by atoms with E-state index in [1.807, 2.05) is 42.5 Å². The molecule has 1 atom stereocenters. The van der Waals surface area contributed by atoms with E-state index in [4.69, 9.17) is 24.7 Å². The summed E-state index contributed by atoms with van der Waals surface area (Å²) in [5.74, 6) is 2.27. The van der Waals surface area contributed by atoms with Gasteiger partial charge in [-0.3, -0.25) is 0 Å². The Morgan fingerprint density at radius 2 is 1.81 bits per heavy atom. The minimum atomic E-state index is -0.367. The average Bonchev–Trinajstić information content (AvgIpc) is 3.23.